The van der Waals surface area contributed by atoms with Crippen LogP contribution in [0.1, 0.15) is 5.56 Å². The van der Waals surface area contributed by atoms with Gasteiger partial charge in [-0.2, -0.15) is 0 Å². The third-order valence-electron chi connectivity index (χ3n) is 2.77. The number of carbonyl (C=O) groups is 1. The molecule has 1 amide bonds. The summed E-state index contributed by atoms with van der Waals surface area (Å²) in [4.78, 5) is 11.7. The lowest BCUT2D eigenvalue weighted by atomic mass is 10.2. The van der Waals surface area contributed by atoms with Crippen molar-refractivity contribution >= 4 is 17.3 Å². The van der Waals surface area contributed by atoms with E-state index in [4.69, 9.17) is 0 Å². The first-order chi connectivity index (χ1) is 9.95. The van der Waals surface area contributed by atoms with E-state index in [0.717, 1.165) is 5.56 Å². The first-order valence-electron chi connectivity index (χ1n) is 6.20. The minimum Gasteiger partial charge on any atom is -0.371 e. The summed E-state index contributed by atoms with van der Waals surface area (Å²) in [5, 5.41) is 4.88. The lowest BCUT2D eigenvalue weighted by Crippen LogP contribution is -2.22. The molecule has 0 fully saturated rings. The summed E-state index contributed by atoms with van der Waals surface area (Å²) in [5.74, 6) is -3.66. The van der Waals surface area contributed by atoms with Gasteiger partial charge in [-0.25, -0.2) is 13.2 Å². The molecule has 0 aromatic heterocycles. The van der Waals surface area contributed by atoms with E-state index in [1.807, 2.05) is 19.1 Å². The number of nitrogens with one attached hydrogen (secondary N) is 2. The van der Waals surface area contributed by atoms with Gasteiger partial charge in [0.2, 0.25) is 5.91 Å². The molecule has 0 aliphatic carbocycles. The summed E-state index contributed by atoms with van der Waals surface area (Å²) >= 11 is 0. The first kappa shape index (κ1) is 14.9. The molecular weight excluding hydrogens is 281 g/mol. The smallest absolute Gasteiger partial charge is 0.243 e. The van der Waals surface area contributed by atoms with E-state index in [2.05, 4.69) is 10.6 Å². The molecule has 0 unspecified atom stereocenters. The van der Waals surface area contributed by atoms with E-state index >= 15 is 0 Å². The Morgan fingerprint density at radius 2 is 1.62 bits per heavy atom. The Morgan fingerprint density at radius 3 is 2.19 bits per heavy atom. The standard InChI is InChI=1S/C15H13F3N2O/c1-9-2-4-11(5-3-9)20-14(21)8-19-15-12(17)6-10(16)7-13(15)18/h2-7,19H,8H2,1H3,(H,20,21). The van der Waals surface area contributed by atoms with Crippen LogP contribution >= 0.6 is 0 Å². The van der Waals surface area contributed by atoms with Crippen LogP contribution in [0.25, 0.3) is 0 Å². The molecule has 21 heavy (non-hydrogen) atoms. The summed E-state index contributed by atoms with van der Waals surface area (Å²) in [7, 11) is 0. The molecule has 2 rings (SSSR count). The van der Waals surface area contributed by atoms with Gasteiger partial charge in [0.15, 0.2) is 11.6 Å². The van der Waals surface area contributed by atoms with E-state index in [0.29, 0.717) is 17.8 Å². The lowest BCUT2D eigenvalue weighted by molar-refractivity contribution is -0.114. The summed E-state index contributed by atoms with van der Waals surface area (Å²) in [6.45, 7) is 1.57. The fraction of sp³-hybridized carbons (Fsp3) is 0.133. The second kappa shape index (κ2) is 6.30. The number of rotatable bonds is 4. The van der Waals surface area contributed by atoms with Crippen LogP contribution in [0.2, 0.25) is 0 Å². The van der Waals surface area contributed by atoms with Gasteiger partial charge >= 0.3 is 0 Å². The minimum absolute atomic E-state index is 0.340. The molecule has 0 saturated heterocycles. The number of hydrogen-bond donors (Lipinski definition) is 2. The van der Waals surface area contributed by atoms with Crippen LogP contribution < -0.4 is 10.6 Å². The van der Waals surface area contributed by atoms with Gasteiger partial charge in [0.25, 0.3) is 0 Å². The summed E-state index contributed by atoms with van der Waals surface area (Å²) in [6.07, 6.45) is 0. The molecule has 0 radical (unpaired) electrons. The fourth-order valence-electron chi connectivity index (χ4n) is 1.72. The molecule has 2 N–H and O–H groups in total. The predicted octanol–water partition coefficient (Wildman–Crippen LogP) is 3.46. The maximum Gasteiger partial charge on any atom is 0.243 e. The molecule has 2 aromatic carbocycles. The normalized spacial score (nSPS) is 10.3. The predicted molar refractivity (Wildman–Crippen MR) is 74.6 cm³/mol. The Bertz CT molecular complexity index is 633. The van der Waals surface area contributed by atoms with Crippen LogP contribution in [-0.4, -0.2) is 12.5 Å². The third-order valence-corrected chi connectivity index (χ3v) is 2.77. The number of carbonyl (C=O) groups excluding carboxylic acids is 1. The Balaban J connectivity index is 1.97. The van der Waals surface area contributed by atoms with Gasteiger partial charge in [-0.15, -0.1) is 0 Å². The molecule has 110 valence electrons. The Labute approximate surface area is 119 Å². The lowest BCUT2D eigenvalue weighted by Gasteiger charge is -2.09. The van der Waals surface area contributed by atoms with Gasteiger partial charge in [0.05, 0.1) is 6.54 Å². The van der Waals surface area contributed by atoms with E-state index in [9.17, 15) is 18.0 Å². The van der Waals surface area contributed by atoms with Crippen LogP contribution in [0, 0.1) is 24.4 Å². The molecule has 0 heterocycles. The Kier molecular flexibility index (Phi) is 4.47. The Hall–Kier alpha value is -2.50. The Morgan fingerprint density at radius 1 is 1.05 bits per heavy atom. The largest absolute Gasteiger partial charge is 0.371 e. The highest BCUT2D eigenvalue weighted by molar-refractivity contribution is 5.93. The second-order valence-electron chi connectivity index (χ2n) is 4.51. The molecule has 0 saturated carbocycles. The number of anilines is 2. The van der Waals surface area contributed by atoms with Crippen molar-refractivity contribution < 1.29 is 18.0 Å². The maximum atomic E-state index is 13.4. The van der Waals surface area contributed by atoms with Crippen LogP contribution in [-0.2, 0) is 4.79 Å². The van der Waals surface area contributed by atoms with Crippen molar-refractivity contribution in [3.8, 4) is 0 Å². The minimum atomic E-state index is -1.09. The van der Waals surface area contributed by atoms with E-state index in [1.54, 1.807) is 12.1 Å². The van der Waals surface area contributed by atoms with Crippen molar-refractivity contribution in [2.75, 3.05) is 17.2 Å². The van der Waals surface area contributed by atoms with Crippen molar-refractivity contribution in [1.82, 2.24) is 0 Å². The molecule has 3 nitrogen and oxygen atoms in total. The molecule has 0 spiro atoms. The van der Waals surface area contributed by atoms with Crippen LogP contribution in [0.5, 0.6) is 0 Å². The molecular formula is C15H13F3N2O. The second-order valence-corrected chi connectivity index (χ2v) is 4.51. The maximum absolute atomic E-state index is 13.4. The monoisotopic (exact) mass is 294 g/mol. The molecule has 2 aromatic rings. The van der Waals surface area contributed by atoms with Gasteiger partial charge < -0.3 is 10.6 Å². The van der Waals surface area contributed by atoms with E-state index in [-0.39, 0.29) is 6.54 Å². The molecule has 0 aliphatic rings. The van der Waals surface area contributed by atoms with Gasteiger partial charge in [-0.3, -0.25) is 4.79 Å². The highest BCUT2D eigenvalue weighted by Gasteiger charge is 2.12. The summed E-state index contributed by atoms with van der Waals surface area (Å²) in [6, 6.07) is 8.16. The molecule has 0 aliphatic heterocycles. The van der Waals surface area contributed by atoms with Crippen molar-refractivity contribution in [2.24, 2.45) is 0 Å². The van der Waals surface area contributed by atoms with Crippen molar-refractivity contribution in [1.29, 1.82) is 0 Å². The summed E-state index contributed by atoms with van der Waals surface area (Å²) < 4.78 is 39.5. The quantitative estimate of drug-likeness (QED) is 0.906. The van der Waals surface area contributed by atoms with Crippen molar-refractivity contribution in [3.63, 3.8) is 0 Å². The molecule has 0 bridgehead atoms. The average molecular weight is 294 g/mol. The number of hydrogen-bond acceptors (Lipinski definition) is 2. The molecule has 6 heteroatoms. The highest BCUT2D eigenvalue weighted by Crippen LogP contribution is 2.19. The van der Waals surface area contributed by atoms with E-state index < -0.39 is 29.0 Å². The number of benzene rings is 2. The number of aryl methyl sites for hydroxylation is 1. The van der Waals surface area contributed by atoms with Crippen molar-refractivity contribution in [2.45, 2.75) is 6.92 Å². The van der Waals surface area contributed by atoms with Crippen LogP contribution in [0.3, 0.4) is 0 Å². The van der Waals surface area contributed by atoms with Gasteiger partial charge in [0, 0.05) is 17.8 Å². The number of amides is 1. The summed E-state index contributed by atoms with van der Waals surface area (Å²) in [5.41, 5.74) is 1.09. The van der Waals surface area contributed by atoms with Gasteiger partial charge in [0.1, 0.15) is 11.5 Å². The van der Waals surface area contributed by atoms with Gasteiger partial charge in [-0.1, -0.05) is 17.7 Å². The topological polar surface area (TPSA) is 41.1 Å². The first-order valence-corrected chi connectivity index (χ1v) is 6.20. The fourth-order valence-corrected chi connectivity index (χ4v) is 1.72. The zero-order chi connectivity index (χ0) is 15.4. The highest BCUT2D eigenvalue weighted by atomic mass is 19.1. The van der Waals surface area contributed by atoms with Crippen LogP contribution in [0.4, 0.5) is 24.5 Å². The SMILES string of the molecule is Cc1ccc(NC(=O)CNc2c(F)cc(F)cc2F)cc1. The van der Waals surface area contributed by atoms with Crippen molar-refractivity contribution in [3.05, 3.63) is 59.4 Å². The molecule has 0 atom stereocenters. The average Bonchev–Trinajstić information content (AvgIpc) is 2.40. The zero-order valence-electron chi connectivity index (χ0n) is 11.2. The van der Waals surface area contributed by atoms with E-state index in [1.165, 1.54) is 0 Å². The number of halogens is 3. The third kappa shape index (κ3) is 3.98. The van der Waals surface area contributed by atoms with Gasteiger partial charge in [-0.05, 0) is 19.1 Å². The zero-order valence-corrected chi connectivity index (χ0v) is 11.2. The van der Waals surface area contributed by atoms with Crippen LogP contribution in [0.15, 0.2) is 36.4 Å².